The first kappa shape index (κ1) is 15.6. The Morgan fingerprint density at radius 3 is 2.78 bits per heavy atom. The van der Waals surface area contributed by atoms with Crippen molar-refractivity contribution in [2.75, 3.05) is 0 Å². The Balaban J connectivity index is 2.12. The van der Waals surface area contributed by atoms with Gasteiger partial charge in [-0.1, -0.05) is 48.2 Å². The molecule has 0 saturated heterocycles. The molecule has 6 heteroatoms. The average molecular weight is 335 g/mol. The normalized spacial score (nSPS) is 18.3. The number of thioether (sulfide) groups is 1. The van der Waals surface area contributed by atoms with Crippen LogP contribution in [-0.4, -0.2) is 16.0 Å². The molecule has 1 unspecified atom stereocenters. The van der Waals surface area contributed by atoms with Gasteiger partial charge in [-0.05, 0) is 12.8 Å². The number of allylic oxidation sites excluding steroid dienone is 1. The number of halogens is 1. The fourth-order valence-corrected chi connectivity index (χ4v) is 3.15. The summed E-state index contributed by atoms with van der Waals surface area (Å²) in [6.07, 6.45) is 7.40. The van der Waals surface area contributed by atoms with Crippen LogP contribution in [-0.2, 0) is 9.59 Å². The second-order valence-corrected chi connectivity index (χ2v) is 7.10. The summed E-state index contributed by atoms with van der Waals surface area (Å²) in [5.74, 6) is -0.359. The molecule has 0 aromatic rings. The lowest BCUT2D eigenvalue weighted by Gasteiger charge is -2.07. The van der Waals surface area contributed by atoms with Gasteiger partial charge in [0, 0.05) is 6.42 Å². The predicted molar refractivity (Wildman–Crippen MR) is 78.1 cm³/mol. The topological polar surface area (TPSA) is 58.2 Å². The summed E-state index contributed by atoms with van der Waals surface area (Å²) in [7, 11) is 0. The van der Waals surface area contributed by atoms with E-state index in [1.54, 1.807) is 0 Å². The first-order chi connectivity index (χ1) is 8.63. The van der Waals surface area contributed by atoms with Crippen LogP contribution in [0, 0.1) is 0 Å². The molecule has 2 amide bonds. The Kier molecular flexibility index (Phi) is 7.42. The highest BCUT2D eigenvalue weighted by atomic mass is 79.9. The van der Waals surface area contributed by atoms with Gasteiger partial charge in [0.25, 0.3) is 5.91 Å². The molecular formula is C12H19BrN2O2S. The van der Waals surface area contributed by atoms with Gasteiger partial charge in [-0.3, -0.25) is 20.4 Å². The molecule has 1 rings (SSSR count). The Hall–Kier alpha value is -0.490. The van der Waals surface area contributed by atoms with Crippen molar-refractivity contribution in [3.63, 3.8) is 0 Å². The van der Waals surface area contributed by atoms with Crippen LogP contribution >= 0.6 is 27.7 Å². The molecule has 0 radical (unpaired) electrons. The van der Waals surface area contributed by atoms with Crippen molar-refractivity contribution in [1.82, 2.24) is 10.9 Å². The van der Waals surface area contributed by atoms with Crippen LogP contribution in [0.3, 0.4) is 0 Å². The van der Waals surface area contributed by atoms with Crippen LogP contribution in [0.15, 0.2) is 11.0 Å². The monoisotopic (exact) mass is 334 g/mol. The van der Waals surface area contributed by atoms with Gasteiger partial charge in [-0.25, -0.2) is 0 Å². The van der Waals surface area contributed by atoms with E-state index in [0.717, 1.165) is 32.1 Å². The molecular weight excluding hydrogens is 316 g/mol. The third-order valence-electron chi connectivity index (χ3n) is 2.54. The summed E-state index contributed by atoms with van der Waals surface area (Å²) in [6.45, 7) is 2.13. The zero-order valence-electron chi connectivity index (χ0n) is 10.5. The first-order valence-corrected chi connectivity index (χ1v) is 8.03. The fourth-order valence-electron chi connectivity index (χ4n) is 1.54. The molecule has 18 heavy (non-hydrogen) atoms. The maximum Gasteiger partial charge on any atom is 0.275 e. The van der Waals surface area contributed by atoms with Gasteiger partial charge in [-0.15, -0.1) is 11.8 Å². The number of hydrogen-bond acceptors (Lipinski definition) is 3. The smallest absolute Gasteiger partial charge is 0.273 e. The largest absolute Gasteiger partial charge is 0.275 e. The minimum atomic E-state index is -0.233. The van der Waals surface area contributed by atoms with Gasteiger partial charge >= 0.3 is 0 Å². The van der Waals surface area contributed by atoms with Crippen molar-refractivity contribution in [2.45, 2.75) is 49.6 Å². The molecule has 0 spiro atoms. The fraction of sp³-hybridized carbons (Fsp3) is 0.667. The van der Waals surface area contributed by atoms with E-state index in [1.807, 2.05) is 6.08 Å². The molecule has 1 aliphatic rings. The van der Waals surface area contributed by atoms with Crippen LogP contribution in [0.1, 0.15) is 45.4 Å². The number of hydrogen-bond donors (Lipinski definition) is 2. The number of unbranched alkanes of at least 4 members (excludes halogenated alkanes) is 3. The summed E-state index contributed by atoms with van der Waals surface area (Å²) < 4.78 is 0.267. The quantitative estimate of drug-likeness (QED) is 0.446. The summed E-state index contributed by atoms with van der Waals surface area (Å²) in [5.41, 5.74) is 4.88. The van der Waals surface area contributed by atoms with Crippen LogP contribution in [0.25, 0.3) is 0 Å². The number of hydrazine groups is 1. The Morgan fingerprint density at radius 2 is 2.17 bits per heavy atom. The van der Waals surface area contributed by atoms with Crippen molar-refractivity contribution in [3.8, 4) is 0 Å². The SMILES string of the molecule is CCCCCCC(=O)NNC(=O)C1=CCC(Br)S1. The van der Waals surface area contributed by atoms with E-state index in [2.05, 4.69) is 33.7 Å². The van der Waals surface area contributed by atoms with Crippen LogP contribution < -0.4 is 10.9 Å². The molecule has 1 aliphatic heterocycles. The number of carbonyl (C=O) groups is 2. The van der Waals surface area contributed by atoms with Gasteiger partial charge in [0.1, 0.15) is 0 Å². The zero-order valence-corrected chi connectivity index (χ0v) is 12.9. The molecule has 0 aromatic heterocycles. The molecule has 0 aliphatic carbocycles. The summed E-state index contributed by atoms with van der Waals surface area (Å²) >= 11 is 4.88. The van der Waals surface area contributed by atoms with Gasteiger partial charge in [0.15, 0.2) is 0 Å². The second kappa shape index (κ2) is 8.58. The molecule has 1 atom stereocenters. The molecule has 0 fully saturated rings. The van der Waals surface area contributed by atoms with Crippen LogP contribution in [0.4, 0.5) is 0 Å². The molecule has 102 valence electrons. The van der Waals surface area contributed by atoms with Crippen molar-refractivity contribution in [1.29, 1.82) is 0 Å². The number of nitrogens with one attached hydrogen (secondary N) is 2. The number of carbonyl (C=O) groups excluding carboxylic acids is 2. The van der Waals surface area contributed by atoms with E-state index in [-0.39, 0.29) is 16.0 Å². The third-order valence-corrected chi connectivity index (χ3v) is 4.53. The highest BCUT2D eigenvalue weighted by Crippen LogP contribution is 2.35. The van der Waals surface area contributed by atoms with Crippen LogP contribution in [0.5, 0.6) is 0 Å². The lowest BCUT2D eigenvalue weighted by Crippen LogP contribution is -2.41. The Bertz CT molecular complexity index is 334. The van der Waals surface area contributed by atoms with Gasteiger partial charge < -0.3 is 0 Å². The lowest BCUT2D eigenvalue weighted by atomic mass is 10.1. The van der Waals surface area contributed by atoms with E-state index in [9.17, 15) is 9.59 Å². The second-order valence-electron chi connectivity index (χ2n) is 4.14. The van der Waals surface area contributed by atoms with Crippen molar-refractivity contribution < 1.29 is 9.59 Å². The number of rotatable bonds is 6. The van der Waals surface area contributed by atoms with Crippen molar-refractivity contribution in [2.24, 2.45) is 0 Å². The lowest BCUT2D eigenvalue weighted by molar-refractivity contribution is -0.126. The summed E-state index contributed by atoms with van der Waals surface area (Å²) in [4.78, 5) is 23.7. The van der Waals surface area contributed by atoms with E-state index >= 15 is 0 Å². The van der Waals surface area contributed by atoms with Crippen molar-refractivity contribution in [3.05, 3.63) is 11.0 Å². The average Bonchev–Trinajstić information content (AvgIpc) is 2.78. The van der Waals surface area contributed by atoms with E-state index in [4.69, 9.17) is 0 Å². The molecule has 4 nitrogen and oxygen atoms in total. The highest BCUT2D eigenvalue weighted by molar-refractivity contribution is 9.11. The van der Waals surface area contributed by atoms with Gasteiger partial charge in [0.2, 0.25) is 5.91 Å². The van der Waals surface area contributed by atoms with Crippen molar-refractivity contribution >= 4 is 39.5 Å². The number of amides is 2. The molecule has 2 N–H and O–H groups in total. The standard InChI is InChI=1S/C12H19BrN2O2S/c1-2-3-4-5-6-11(16)14-15-12(17)9-7-8-10(13)18-9/h7,10H,2-6,8H2,1H3,(H,14,16)(H,15,17). The highest BCUT2D eigenvalue weighted by Gasteiger charge is 2.20. The third kappa shape index (κ3) is 5.91. The van der Waals surface area contributed by atoms with E-state index in [1.165, 1.54) is 11.8 Å². The number of alkyl halides is 1. The molecule has 0 saturated carbocycles. The molecule has 0 aromatic carbocycles. The maximum absolute atomic E-state index is 11.6. The summed E-state index contributed by atoms with van der Waals surface area (Å²) in [5, 5.41) is 0. The Labute approximate surface area is 120 Å². The zero-order chi connectivity index (χ0) is 13.4. The van der Waals surface area contributed by atoms with Crippen LogP contribution in [0.2, 0.25) is 0 Å². The summed E-state index contributed by atoms with van der Waals surface area (Å²) in [6, 6.07) is 0. The van der Waals surface area contributed by atoms with Gasteiger partial charge in [-0.2, -0.15) is 0 Å². The minimum Gasteiger partial charge on any atom is -0.273 e. The van der Waals surface area contributed by atoms with E-state index in [0.29, 0.717) is 11.3 Å². The molecule has 0 bridgehead atoms. The van der Waals surface area contributed by atoms with E-state index < -0.39 is 0 Å². The predicted octanol–water partition coefficient (Wildman–Crippen LogP) is 2.85. The maximum atomic E-state index is 11.6. The minimum absolute atomic E-state index is 0.126. The van der Waals surface area contributed by atoms with Gasteiger partial charge in [0.05, 0.1) is 9.06 Å². The molecule has 1 heterocycles. The Morgan fingerprint density at radius 1 is 1.39 bits per heavy atom. The first-order valence-electron chi connectivity index (χ1n) is 6.23.